The Hall–Kier alpha value is -3.07. The van der Waals surface area contributed by atoms with Crippen LogP contribution < -0.4 is 5.73 Å². The molecule has 0 aliphatic carbocycles. The fourth-order valence-corrected chi connectivity index (χ4v) is 3.84. The number of nitrogen functional groups attached to an aromatic ring is 1. The zero-order valence-corrected chi connectivity index (χ0v) is 17.0. The summed E-state index contributed by atoms with van der Waals surface area (Å²) in [6.07, 6.45) is 0. The SMILES string of the molecule is CC(C)c1cc(-n2c(-c3ccccc3)nc3ccccc32)cc(C(C)C)c1N. The van der Waals surface area contributed by atoms with E-state index >= 15 is 0 Å². The van der Waals surface area contributed by atoms with Gasteiger partial charge in [0.1, 0.15) is 5.82 Å². The maximum Gasteiger partial charge on any atom is 0.145 e. The van der Waals surface area contributed by atoms with Crippen LogP contribution in [0.5, 0.6) is 0 Å². The van der Waals surface area contributed by atoms with Gasteiger partial charge in [-0.05, 0) is 47.2 Å². The van der Waals surface area contributed by atoms with Gasteiger partial charge in [-0.1, -0.05) is 70.2 Å². The molecule has 0 saturated carbocycles. The monoisotopic (exact) mass is 369 g/mol. The molecule has 0 unspecified atom stereocenters. The van der Waals surface area contributed by atoms with Crippen molar-refractivity contribution < 1.29 is 0 Å². The van der Waals surface area contributed by atoms with Crippen molar-refractivity contribution in [2.24, 2.45) is 0 Å². The van der Waals surface area contributed by atoms with Crippen LogP contribution in [0.4, 0.5) is 5.69 Å². The number of hydrogen-bond donors (Lipinski definition) is 1. The Bertz CT molecular complexity index is 1090. The average Bonchev–Trinajstić information content (AvgIpc) is 3.08. The van der Waals surface area contributed by atoms with E-state index in [1.807, 2.05) is 12.1 Å². The maximum absolute atomic E-state index is 6.54. The van der Waals surface area contributed by atoms with Crippen LogP contribution >= 0.6 is 0 Å². The minimum atomic E-state index is 0.354. The third kappa shape index (κ3) is 3.07. The topological polar surface area (TPSA) is 43.8 Å². The number of benzene rings is 3. The Morgan fingerprint density at radius 3 is 1.96 bits per heavy atom. The second-order valence-corrected chi connectivity index (χ2v) is 7.97. The molecule has 1 heterocycles. The maximum atomic E-state index is 6.54. The van der Waals surface area contributed by atoms with Crippen LogP contribution in [0, 0.1) is 0 Å². The highest BCUT2D eigenvalue weighted by molar-refractivity contribution is 5.83. The smallest absolute Gasteiger partial charge is 0.145 e. The van der Waals surface area contributed by atoms with E-state index < -0.39 is 0 Å². The summed E-state index contributed by atoms with van der Waals surface area (Å²) in [6.45, 7) is 8.79. The molecule has 3 aromatic carbocycles. The molecule has 0 aliphatic heterocycles. The minimum absolute atomic E-state index is 0.354. The number of hydrogen-bond acceptors (Lipinski definition) is 2. The van der Waals surface area contributed by atoms with Gasteiger partial charge in [0.05, 0.1) is 11.0 Å². The van der Waals surface area contributed by atoms with Gasteiger partial charge in [0.2, 0.25) is 0 Å². The highest BCUT2D eigenvalue weighted by Gasteiger charge is 2.18. The summed E-state index contributed by atoms with van der Waals surface area (Å²) < 4.78 is 2.27. The molecule has 1 aromatic heterocycles. The van der Waals surface area contributed by atoms with E-state index in [0.717, 1.165) is 33.8 Å². The predicted molar refractivity (Wildman–Crippen MR) is 119 cm³/mol. The first kappa shape index (κ1) is 18.3. The van der Waals surface area contributed by atoms with E-state index in [1.54, 1.807) is 0 Å². The first-order valence-corrected chi connectivity index (χ1v) is 9.94. The fraction of sp³-hybridized carbons (Fsp3) is 0.240. The molecule has 28 heavy (non-hydrogen) atoms. The molecule has 4 aromatic rings. The number of imidazole rings is 1. The van der Waals surface area contributed by atoms with Gasteiger partial charge in [0, 0.05) is 16.9 Å². The Balaban J connectivity index is 2.07. The third-order valence-corrected chi connectivity index (χ3v) is 5.32. The summed E-state index contributed by atoms with van der Waals surface area (Å²) in [5, 5.41) is 0. The first-order valence-electron chi connectivity index (χ1n) is 9.94. The molecule has 0 bridgehead atoms. The Morgan fingerprint density at radius 1 is 0.786 bits per heavy atom. The molecule has 0 fully saturated rings. The second kappa shape index (κ2) is 7.16. The number of anilines is 1. The molecule has 0 amide bonds. The van der Waals surface area contributed by atoms with Crippen molar-refractivity contribution in [3.63, 3.8) is 0 Å². The highest BCUT2D eigenvalue weighted by Crippen LogP contribution is 2.36. The normalized spacial score (nSPS) is 11.6. The van der Waals surface area contributed by atoms with Crippen molar-refractivity contribution >= 4 is 16.7 Å². The summed E-state index contributed by atoms with van der Waals surface area (Å²) in [6, 6.07) is 23.1. The number of nitrogens with two attached hydrogens (primary N) is 1. The van der Waals surface area contributed by atoms with Gasteiger partial charge in [-0.15, -0.1) is 0 Å². The number of para-hydroxylation sites is 2. The minimum Gasteiger partial charge on any atom is -0.398 e. The quantitative estimate of drug-likeness (QED) is 0.416. The van der Waals surface area contributed by atoms with E-state index in [0.29, 0.717) is 11.8 Å². The van der Waals surface area contributed by atoms with Crippen molar-refractivity contribution in [3.8, 4) is 17.1 Å². The standard InChI is InChI=1S/C25H27N3/c1-16(2)20-14-19(15-21(17(3)4)24(20)26)28-23-13-9-8-12-22(23)27-25(28)18-10-6-5-7-11-18/h5-17H,26H2,1-4H3. The predicted octanol–water partition coefficient (Wildman–Crippen LogP) is 6.52. The van der Waals surface area contributed by atoms with E-state index in [4.69, 9.17) is 10.7 Å². The summed E-state index contributed by atoms with van der Waals surface area (Å²) in [7, 11) is 0. The molecule has 3 nitrogen and oxygen atoms in total. The molecule has 0 spiro atoms. The van der Waals surface area contributed by atoms with Gasteiger partial charge in [-0.25, -0.2) is 4.98 Å². The number of rotatable bonds is 4. The zero-order chi connectivity index (χ0) is 19.8. The van der Waals surface area contributed by atoms with Crippen molar-refractivity contribution in [2.45, 2.75) is 39.5 Å². The summed E-state index contributed by atoms with van der Waals surface area (Å²) in [5.74, 6) is 1.66. The van der Waals surface area contributed by atoms with Crippen molar-refractivity contribution in [1.29, 1.82) is 0 Å². The fourth-order valence-electron chi connectivity index (χ4n) is 3.84. The van der Waals surface area contributed by atoms with Gasteiger partial charge in [-0.2, -0.15) is 0 Å². The first-order chi connectivity index (χ1) is 13.5. The summed E-state index contributed by atoms with van der Waals surface area (Å²) in [4.78, 5) is 4.96. The Labute approximate surface area is 166 Å². The van der Waals surface area contributed by atoms with Gasteiger partial charge >= 0.3 is 0 Å². The molecule has 0 aliphatic rings. The van der Waals surface area contributed by atoms with Gasteiger partial charge in [-0.3, -0.25) is 4.57 Å². The van der Waals surface area contributed by atoms with Crippen molar-refractivity contribution in [3.05, 3.63) is 77.9 Å². The van der Waals surface area contributed by atoms with E-state index in [9.17, 15) is 0 Å². The summed E-state index contributed by atoms with van der Waals surface area (Å²) >= 11 is 0. The lowest BCUT2D eigenvalue weighted by atomic mass is 9.92. The molecular formula is C25H27N3. The second-order valence-electron chi connectivity index (χ2n) is 7.97. The lowest BCUT2D eigenvalue weighted by Gasteiger charge is -2.20. The number of nitrogens with zero attached hydrogens (tertiary/aromatic N) is 2. The molecule has 2 N–H and O–H groups in total. The molecule has 0 saturated heterocycles. The van der Waals surface area contributed by atoms with Crippen molar-refractivity contribution in [2.75, 3.05) is 5.73 Å². The number of aromatic nitrogens is 2. The molecule has 4 rings (SSSR count). The van der Waals surface area contributed by atoms with Crippen molar-refractivity contribution in [1.82, 2.24) is 9.55 Å². The highest BCUT2D eigenvalue weighted by atomic mass is 15.1. The van der Waals surface area contributed by atoms with Crippen LogP contribution in [-0.2, 0) is 0 Å². The van der Waals surface area contributed by atoms with Crippen LogP contribution in [-0.4, -0.2) is 9.55 Å². The van der Waals surface area contributed by atoms with E-state index in [2.05, 4.69) is 86.9 Å². The molecule has 142 valence electrons. The van der Waals surface area contributed by atoms with Crippen LogP contribution in [0.25, 0.3) is 28.1 Å². The zero-order valence-electron chi connectivity index (χ0n) is 17.0. The van der Waals surface area contributed by atoms with Crippen LogP contribution in [0.1, 0.15) is 50.7 Å². The summed E-state index contributed by atoms with van der Waals surface area (Å²) in [5.41, 5.74) is 14.2. The largest absolute Gasteiger partial charge is 0.398 e. The van der Waals surface area contributed by atoms with Gasteiger partial charge in [0.15, 0.2) is 0 Å². The molecule has 0 atom stereocenters. The van der Waals surface area contributed by atoms with E-state index in [1.165, 1.54) is 11.1 Å². The average molecular weight is 370 g/mol. The van der Waals surface area contributed by atoms with Crippen LogP contribution in [0.15, 0.2) is 66.7 Å². The van der Waals surface area contributed by atoms with Crippen LogP contribution in [0.3, 0.4) is 0 Å². The third-order valence-electron chi connectivity index (χ3n) is 5.32. The van der Waals surface area contributed by atoms with Gasteiger partial charge < -0.3 is 5.73 Å². The lowest BCUT2D eigenvalue weighted by molar-refractivity contribution is 0.835. The molecular weight excluding hydrogens is 342 g/mol. The number of fused-ring (bicyclic) bond motifs is 1. The van der Waals surface area contributed by atoms with Crippen LogP contribution in [0.2, 0.25) is 0 Å². The molecule has 3 heteroatoms. The lowest BCUT2D eigenvalue weighted by Crippen LogP contribution is -2.07. The van der Waals surface area contributed by atoms with E-state index in [-0.39, 0.29) is 0 Å². The molecule has 0 radical (unpaired) electrons. The Morgan fingerprint density at radius 2 is 1.36 bits per heavy atom. The van der Waals surface area contributed by atoms with Gasteiger partial charge in [0.25, 0.3) is 0 Å². The Kier molecular flexibility index (Phi) is 4.68.